The Balaban J connectivity index is 2.26. The third kappa shape index (κ3) is 2.71. The number of nitrogens with zero attached hydrogens (tertiary/aromatic N) is 1. The molecule has 6 nitrogen and oxygen atoms in total. The fourth-order valence-electron chi connectivity index (χ4n) is 1.46. The summed E-state index contributed by atoms with van der Waals surface area (Å²) in [5, 5.41) is 13.0. The Kier molecular flexibility index (Phi) is 3.48. The number of anilines is 1. The highest BCUT2D eigenvalue weighted by atomic mass is 32.1. The van der Waals surface area contributed by atoms with Crippen molar-refractivity contribution in [2.24, 2.45) is 7.05 Å². The molecule has 0 fully saturated rings. The van der Waals surface area contributed by atoms with Crippen molar-refractivity contribution >= 4 is 28.9 Å². The molecule has 0 bridgehead atoms. The van der Waals surface area contributed by atoms with E-state index < -0.39 is 11.9 Å². The summed E-state index contributed by atoms with van der Waals surface area (Å²) in [5.41, 5.74) is 0.102. The SMILES string of the molecule is Cn1ccc(C(=O)Nc2ccsc2C(=O)O)cc1=O. The molecule has 1 amide bonds. The molecule has 0 aromatic carbocycles. The summed E-state index contributed by atoms with van der Waals surface area (Å²) in [6.45, 7) is 0. The molecule has 0 aliphatic carbocycles. The highest BCUT2D eigenvalue weighted by Crippen LogP contribution is 2.22. The maximum absolute atomic E-state index is 11.9. The number of aromatic nitrogens is 1. The maximum Gasteiger partial charge on any atom is 0.348 e. The van der Waals surface area contributed by atoms with Crippen LogP contribution >= 0.6 is 11.3 Å². The molecule has 2 aromatic rings. The standard InChI is InChI=1S/C12H10N2O4S/c1-14-4-2-7(6-9(14)15)11(16)13-8-3-5-19-10(8)12(17)18/h2-6H,1H3,(H,13,16)(H,17,18). The molecule has 2 aromatic heterocycles. The van der Waals surface area contributed by atoms with Crippen LogP contribution in [-0.4, -0.2) is 21.6 Å². The monoisotopic (exact) mass is 278 g/mol. The summed E-state index contributed by atoms with van der Waals surface area (Å²) < 4.78 is 1.34. The molecule has 0 radical (unpaired) electrons. The first-order valence-corrected chi connectivity index (χ1v) is 6.16. The van der Waals surface area contributed by atoms with Gasteiger partial charge < -0.3 is 15.0 Å². The van der Waals surface area contributed by atoms with E-state index in [0.717, 1.165) is 11.3 Å². The first kappa shape index (κ1) is 13.0. The number of aromatic carboxylic acids is 1. The molecular weight excluding hydrogens is 268 g/mol. The van der Waals surface area contributed by atoms with Crippen LogP contribution in [0.5, 0.6) is 0 Å². The number of hydrogen-bond acceptors (Lipinski definition) is 4. The molecule has 0 unspecified atom stereocenters. The van der Waals surface area contributed by atoms with Crippen LogP contribution in [0.1, 0.15) is 20.0 Å². The molecule has 0 spiro atoms. The summed E-state index contributed by atoms with van der Waals surface area (Å²) >= 11 is 1.02. The zero-order valence-corrected chi connectivity index (χ0v) is 10.7. The number of pyridine rings is 1. The molecule has 2 N–H and O–H groups in total. The lowest BCUT2D eigenvalue weighted by Crippen LogP contribution is -2.20. The van der Waals surface area contributed by atoms with Crippen LogP contribution in [0.4, 0.5) is 5.69 Å². The van der Waals surface area contributed by atoms with E-state index in [0.29, 0.717) is 0 Å². The van der Waals surface area contributed by atoms with E-state index in [1.54, 1.807) is 12.4 Å². The van der Waals surface area contributed by atoms with Gasteiger partial charge in [-0.25, -0.2) is 4.79 Å². The van der Waals surface area contributed by atoms with Gasteiger partial charge >= 0.3 is 5.97 Å². The van der Waals surface area contributed by atoms with Crippen molar-refractivity contribution in [3.8, 4) is 0 Å². The van der Waals surface area contributed by atoms with E-state index in [2.05, 4.69) is 5.32 Å². The lowest BCUT2D eigenvalue weighted by Gasteiger charge is -2.05. The van der Waals surface area contributed by atoms with E-state index in [9.17, 15) is 14.4 Å². The van der Waals surface area contributed by atoms with Gasteiger partial charge in [-0.15, -0.1) is 11.3 Å². The van der Waals surface area contributed by atoms with Crippen LogP contribution in [-0.2, 0) is 7.05 Å². The van der Waals surface area contributed by atoms with Crippen LogP contribution < -0.4 is 10.9 Å². The first-order valence-electron chi connectivity index (χ1n) is 5.28. The number of hydrogen-bond donors (Lipinski definition) is 2. The zero-order valence-electron chi connectivity index (χ0n) is 9.91. The van der Waals surface area contributed by atoms with Gasteiger partial charge in [-0.2, -0.15) is 0 Å². The van der Waals surface area contributed by atoms with Crippen LogP contribution in [0.3, 0.4) is 0 Å². The summed E-state index contributed by atoms with van der Waals surface area (Å²) in [6, 6.07) is 4.19. The quantitative estimate of drug-likeness (QED) is 0.888. The molecule has 0 saturated heterocycles. The molecule has 0 aliphatic heterocycles. The number of amides is 1. The number of carboxylic acids is 1. The smallest absolute Gasteiger partial charge is 0.348 e. The third-order valence-electron chi connectivity index (χ3n) is 2.47. The second-order valence-electron chi connectivity index (χ2n) is 3.79. The molecule has 2 rings (SSSR count). The summed E-state index contributed by atoms with van der Waals surface area (Å²) in [6.07, 6.45) is 1.48. The zero-order chi connectivity index (χ0) is 14.0. The number of nitrogens with one attached hydrogen (secondary N) is 1. The molecule has 19 heavy (non-hydrogen) atoms. The Morgan fingerprint density at radius 3 is 2.74 bits per heavy atom. The van der Waals surface area contributed by atoms with Gasteiger partial charge in [-0.1, -0.05) is 0 Å². The largest absolute Gasteiger partial charge is 0.477 e. The number of carbonyl (C=O) groups excluding carboxylic acids is 1. The summed E-state index contributed by atoms with van der Waals surface area (Å²) in [4.78, 5) is 34.3. The average molecular weight is 278 g/mol. The van der Waals surface area contributed by atoms with E-state index in [-0.39, 0.29) is 21.7 Å². The van der Waals surface area contributed by atoms with Gasteiger partial charge in [0.15, 0.2) is 0 Å². The van der Waals surface area contributed by atoms with E-state index >= 15 is 0 Å². The molecule has 2 heterocycles. The highest BCUT2D eigenvalue weighted by Gasteiger charge is 2.15. The number of aryl methyl sites for hydroxylation is 1. The van der Waals surface area contributed by atoms with Crippen LogP contribution in [0, 0.1) is 0 Å². The van der Waals surface area contributed by atoms with Crippen molar-refractivity contribution in [3.63, 3.8) is 0 Å². The van der Waals surface area contributed by atoms with Gasteiger partial charge in [-0.3, -0.25) is 9.59 Å². The molecule has 98 valence electrons. The number of thiophene rings is 1. The molecule has 0 saturated carbocycles. The van der Waals surface area contributed by atoms with Gasteiger partial charge in [0.05, 0.1) is 5.69 Å². The van der Waals surface area contributed by atoms with E-state index in [1.165, 1.54) is 29.0 Å². The van der Waals surface area contributed by atoms with Crippen molar-refractivity contribution < 1.29 is 14.7 Å². The third-order valence-corrected chi connectivity index (χ3v) is 3.38. The van der Waals surface area contributed by atoms with E-state index in [4.69, 9.17) is 5.11 Å². The normalized spacial score (nSPS) is 10.2. The van der Waals surface area contributed by atoms with Gasteiger partial charge in [0.1, 0.15) is 4.88 Å². The van der Waals surface area contributed by atoms with Crippen LogP contribution in [0.25, 0.3) is 0 Å². The number of carbonyl (C=O) groups is 2. The van der Waals surface area contributed by atoms with Crippen molar-refractivity contribution in [3.05, 3.63) is 50.6 Å². The Morgan fingerprint density at radius 1 is 1.37 bits per heavy atom. The molecular formula is C12H10N2O4S. The van der Waals surface area contributed by atoms with Gasteiger partial charge in [-0.05, 0) is 17.5 Å². The van der Waals surface area contributed by atoms with Crippen LogP contribution in [0.2, 0.25) is 0 Å². The minimum atomic E-state index is -1.10. The second kappa shape index (κ2) is 5.07. The minimum Gasteiger partial charge on any atom is -0.477 e. The predicted octanol–water partition coefficient (Wildman–Crippen LogP) is 1.40. The summed E-state index contributed by atoms with van der Waals surface area (Å²) in [7, 11) is 1.57. The average Bonchev–Trinajstić information content (AvgIpc) is 2.80. The highest BCUT2D eigenvalue weighted by molar-refractivity contribution is 7.12. The maximum atomic E-state index is 11.9. The second-order valence-corrected chi connectivity index (χ2v) is 4.70. The molecule has 7 heteroatoms. The van der Waals surface area contributed by atoms with Crippen molar-refractivity contribution in [1.29, 1.82) is 0 Å². The summed E-state index contributed by atoms with van der Waals surface area (Å²) in [5.74, 6) is -1.62. The van der Waals surface area contributed by atoms with Crippen molar-refractivity contribution in [2.75, 3.05) is 5.32 Å². The lowest BCUT2D eigenvalue weighted by molar-refractivity contribution is 0.0703. The van der Waals surface area contributed by atoms with Gasteiger partial charge in [0.25, 0.3) is 11.5 Å². The fourth-order valence-corrected chi connectivity index (χ4v) is 2.14. The van der Waals surface area contributed by atoms with Crippen molar-refractivity contribution in [1.82, 2.24) is 4.57 Å². The first-order chi connectivity index (χ1) is 8.99. The minimum absolute atomic E-state index is 0.0529. The molecule has 0 aliphatic rings. The van der Waals surface area contributed by atoms with Crippen molar-refractivity contribution in [2.45, 2.75) is 0 Å². The predicted molar refractivity (Wildman–Crippen MR) is 70.9 cm³/mol. The number of carboxylic acid groups (broad SMARTS) is 1. The fraction of sp³-hybridized carbons (Fsp3) is 0.0833. The Morgan fingerprint density at radius 2 is 2.11 bits per heavy atom. The Hall–Kier alpha value is -2.41. The number of rotatable bonds is 3. The van der Waals surface area contributed by atoms with Gasteiger partial charge in [0.2, 0.25) is 0 Å². The lowest BCUT2D eigenvalue weighted by atomic mass is 10.2. The van der Waals surface area contributed by atoms with Crippen LogP contribution in [0.15, 0.2) is 34.6 Å². The Labute approximate surface area is 111 Å². The van der Waals surface area contributed by atoms with E-state index in [1.807, 2.05) is 0 Å². The van der Waals surface area contributed by atoms with Gasteiger partial charge in [0, 0.05) is 24.9 Å². The molecule has 0 atom stereocenters. The topological polar surface area (TPSA) is 88.4 Å². The Bertz CT molecular complexity index is 702.